The fourth-order valence-corrected chi connectivity index (χ4v) is 3.44. The number of aryl methyl sites for hydroxylation is 1. The average Bonchev–Trinajstić information content (AvgIpc) is 3.24. The van der Waals surface area contributed by atoms with E-state index in [0.29, 0.717) is 16.9 Å². The second-order valence-corrected chi connectivity index (χ2v) is 6.92. The number of aromatic nitrogens is 2. The topological polar surface area (TPSA) is 53.4 Å². The smallest absolute Gasteiger partial charge is 0.193 e. The Morgan fingerprint density at radius 3 is 2.23 bits per heavy atom. The fraction of sp³-hybridized carbons (Fsp3) is 0.120. The summed E-state index contributed by atoms with van der Waals surface area (Å²) in [5.41, 5.74) is 4.90. The maximum Gasteiger partial charge on any atom is 0.193 e. The third kappa shape index (κ3) is 3.70. The van der Waals surface area contributed by atoms with Gasteiger partial charge >= 0.3 is 0 Å². The first kappa shape index (κ1) is 19.5. The zero-order valence-corrected chi connectivity index (χ0v) is 17.1. The number of para-hydroxylation sites is 1. The van der Waals surface area contributed by atoms with Crippen molar-refractivity contribution in [3.63, 3.8) is 0 Å². The molecule has 0 amide bonds. The SMILES string of the molecule is COc1ccccc1-c1ccc(C(=O)c2ccc(-n3cnc(C)c3)c(OC)c2)cc1. The van der Waals surface area contributed by atoms with E-state index >= 15 is 0 Å². The number of carbonyl (C=O) groups is 1. The number of benzene rings is 3. The van der Waals surface area contributed by atoms with Crippen LogP contribution in [-0.4, -0.2) is 29.6 Å². The Kier molecular flexibility index (Phi) is 5.35. The number of ether oxygens (including phenoxy) is 2. The fourth-order valence-electron chi connectivity index (χ4n) is 3.44. The van der Waals surface area contributed by atoms with Gasteiger partial charge in [-0.1, -0.05) is 42.5 Å². The Hall–Kier alpha value is -3.86. The number of nitrogens with zero attached hydrogens (tertiary/aromatic N) is 2. The lowest BCUT2D eigenvalue weighted by molar-refractivity contribution is 0.103. The van der Waals surface area contributed by atoms with Gasteiger partial charge in [0.05, 0.1) is 31.9 Å². The molecule has 0 aliphatic rings. The monoisotopic (exact) mass is 398 g/mol. The molecular weight excluding hydrogens is 376 g/mol. The minimum absolute atomic E-state index is 0.0618. The number of carbonyl (C=O) groups excluding carboxylic acids is 1. The lowest BCUT2D eigenvalue weighted by Gasteiger charge is -2.11. The molecular formula is C25H22N2O3. The maximum absolute atomic E-state index is 13.0. The molecule has 0 aliphatic heterocycles. The molecule has 0 saturated carbocycles. The van der Waals surface area contributed by atoms with E-state index in [9.17, 15) is 4.79 Å². The maximum atomic E-state index is 13.0. The molecule has 0 aliphatic carbocycles. The highest BCUT2D eigenvalue weighted by atomic mass is 16.5. The molecule has 30 heavy (non-hydrogen) atoms. The third-order valence-corrected chi connectivity index (χ3v) is 5.00. The Labute approximate surface area is 175 Å². The van der Waals surface area contributed by atoms with Gasteiger partial charge in [-0.05, 0) is 36.8 Å². The van der Waals surface area contributed by atoms with E-state index in [1.54, 1.807) is 26.6 Å². The second kappa shape index (κ2) is 8.25. The van der Waals surface area contributed by atoms with Gasteiger partial charge in [0.25, 0.3) is 0 Å². The Morgan fingerprint density at radius 1 is 0.867 bits per heavy atom. The summed E-state index contributed by atoms with van der Waals surface area (Å²) < 4.78 is 12.8. The van der Waals surface area contributed by atoms with Crippen molar-refractivity contribution >= 4 is 5.78 Å². The van der Waals surface area contributed by atoms with Crippen LogP contribution in [0.15, 0.2) is 79.3 Å². The molecule has 0 atom stereocenters. The summed E-state index contributed by atoms with van der Waals surface area (Å²) in [5, 5.41) is 0. The molecule has 0 N–H and O–H groups in total. The van der Waals surface area contributed by atoms with E-state index in [1.807, 2.05) is 78.4 Å². The van der Waals surface area contributed by atoms with Gasteiger partial charge in [-0.25, -0.2) is 4.98 Å². The van der Waals surface area contributed by atoms with Crippen LogP contribution in [0.2, 0.25) is 0 Å². The van der Waals surface area contributed by atoms with Crippen LogP contribution < -0.4 is 9.47 Å². The number of ketones is 1. The van der Waals surface area contributed by atoms with Crippen molar-refractivity contribution in [2.75, 3.05) is 14.2 Å². The van der Waals surface area contributed by atoms with Crippen LogP contribution >= 0.6 is 0 Å². The van der Waals surface area contributed by atoms with Crippen molar-refractivity contribution in [3.05, 3.63) is 96.1 Å². The average molecular weight is 398 g/mol. The molecule has 0 spiro atoms. The molecule has 5 nitrogen and oxygen atoms in total. The number of hydrogen-bond acceptors (Lipinski definition) is 4. The quantitative estimate of drug-likeness (QED) is 0.424. The zero-order valence-electron chi connectivity index (χ0n) is 17.1. The van der Waals surface area contributed by atoms with Crippen LogP contribution in [0.25, 0.3) is 16.8 Å². The first-order valence-corrected chi connectivity index (χ1v) is 9.58. The van der Waals surface area contributed by atoms with E-state index in [1.165, 1.54) is 0 Å². The minimum Gasteiger partial charge on any atom is -0.496 e. The van der Waals surface area contributed by atoms with Gasteiger partial charge in [0.15, 0.2) is 5.78 Å². The Bertz CT molecular complexity index is 1190. The highest BCUT2D eigenvalue weighted by molar-refractivity contribution is 6.09. The molecule has 1 aromatic heterocycles. The van der Waals surface area contributed by atoms with Gasteiger partial charge in [-0.2, -0.15) is 0 Å². The normalized spacial score (nSPS) is 10.6. The van der Waals surface area contributed by atoms with E-state index in [0.717, 1.165) is 28.3 Å². The molecule has 0 radical (unpaired) electrons. The van der Waals surface area contributed by atoms with Crippen LogP contribution in [0.4, 0.5) is 0 Å². The van der Waals surface area contributed by atoms with Gasteiger partial charge in [0.1, 0.15) is 11.5 Å². The molecule has 0 saturated heterocycles. The standard InChI is InChI=1S/C25H22N2O3/c1-17-15-27(16-26-17)22-13-12-20(14-24(22)30-3)25(28)19-10-8-18(9-11-19)21-6-4-5-7-23(21)29-2/h4-16H,1-3H3. The molecule has 4 aromatic rings. The van der Waals surface area contributed by atoms with E-state index < -0.39 is 0 Å². The molecule has 0 fully saturated rings. The van der Waals surface area contributed by atoms with Crippen LogP contribution in [-0.2, 0) is 0 Å². The van der Waals surface area contributed by atoms with Crippen molar-refractivity contribution in [1.29, 1.82) is 0 Å². The number of imidazole rings is 1. The summed E-state index contributed by atoms with van der Waals surface area (Å²) in [5.74, 6) is 1.35. The Morgan fingerprint density at radius 2 is 1.57 bits per heavy atom. The van der Waals surface area contributed by atoms with Crippen molar-refractivity contribution in [2.45, 2.75) is 6.92 Å². The van der Waals surface area contributed by atoms with E-state index in [4.69, 9.17) is 9.47 Å². The molecule has 1 heterocycles. The number of hydrogen-bond donors (Lipinski definition) is 0. The van der Waals surface area contributed by atoms with Crippen molar-refractivity contribution in [2.24, 2.45) is 0 Å². The molecule has 0 unspecified atom stereocenters. The summed E-state index contributed by atoms with van der Waals surface area (Å²) in [6.45, 7) is 1.93. The summed E-state index contributed by atoms with van der Waals surface area (Å²) in [4.78, 5) is 17.3. The second-order valence-electron chi connectivity index (χ2n) is 6.92. The minimum atomic E-state index is -0.0618. The molecule has 4 rings (SSSR count). The highest BCUT2D eigenvalue weighted by Crippen LogP contribution is 2.30. The van der Waals surface area contributed by atoms with Crippen LogP contribution in [0.1, 0.15) is 21.6 Å². The van der Waals surface area contributed by atoms with E-state index in [-0.39, 0.29) is 5.78 Å². The van der Waals surface area contributed by atoms with Gasteiger partial charge in [-0.15, -0.1) is 0 Å². The number of rotatable bonds is 6. The first-order valence-electron chi connectivity index (χ1n) is 9.58. The van der Waals surface area contributed by atoms with Crippen molar-refractivity contribution in [1.82, 2.24) is 9.55 Å². The van der Waals surface area contributed by atoms with Gasteiger partial charge < -0.3 is 14.0 Å². The molecule has 0 bridgehead atoms. The number of methoxy groups -OCH3 is 2. The third-order valence-electron chi connectivity index (χ3n) is 5.00. The largest absolute Gasteiger partial charge is 0.496 e. The summed E-state index contributed by atoms with van der Waals surface area (Å²) in [6.07, 6.45) is 3.64. The first-order chi connectivity index (χ1) is 14.6. The zero-order chi connectivity index (χ0) is 21.1. The molecule has 150 valence electrons. The Balaban J connectivity index is 1.63. The van der Waals surface area contributed by atoms with Gasteiger partial charge in [0, 0.05) is 22.9 Å². The van der Waals surface area contributed by atoms with Crippen LogP contribution in [0.3, 0.4) is 0 Å². The van der Waals surface area contributed by atoms with Crippen molar-refractivity contribution < 1.29 is 14.3 Å². The van der Waals surface area contributed by atoms with Crippen molar-refractivity contribution in [3.8, 4) is 28.3 Å². The molecule has 3 aromatic carbocycles. The lowest BCUT2D eigenvalue weighted by atomic mass is 9.98. The predicted octanol–water partition coefficient (Wildman–Crippen LogP) is 5.10. The van der Waals surface area contributed by atoms with E-state index in [2.05, 4.69) is 4.98 Å². The highest BCUT2D eigenvalue weighted by Gasteiger charge is 2.14. The van der Waals surface area contributed by atoms with Gasteiger partial charge in [-0.3, -0.25) is 4.79 Å². The summed E-state index contributed by atoms with van der Waals surface area (Å²) in [7, 11) is 3.25. The van der Waals surface area contributed by atoms with Gasteiger partial charge in [0.2, 0.25) is 0 Å². The lowest BCUT2D eigenvalue weighted by Crippen LogP contribution is -2.04. The predicted molar refractivity (Wildman–Crippen MR) is 117 cm³/mol. The van der Waals surface area contributed by atoms with Crippen LogP contribution in [0, 0.1) is 6.92 Å². The van der Waals surface area contributed by atoms with Crippen LogP contribution in [0.5, 0.6) is 11.5 Å². The summed E-state index contributed by atoms with van der Waals surface area (Å²) >= 11 is 0. The molecule has 5 heteroatoms. The summed E-state index contributed by atoms with van der Waals surface area (Å²) in [6, 6.07) is 20.8.